The highest BCUT2D eigenvalue weighted by atomic mass is 16.4. The van der Waals surface area contributed by atoms with E-state index in [9.17, 15) is 19.5 Å². The van der Waals surface area contributed by atoms with Gasteiger partial charge in [-0.3, -0.25) is 9.59 Å². The van der Waals surface area contributed by atoms with Crippen LogP contribution in [0.3, 0.4) is 0 Å². The number of hydrogen-bond acceptors (Lipinski definition) is 3. The molecule has 0 radical (unpaired) electrons. The predicted octanol–water partition coefficient (Wildman–Crippen LogP) is 2.15. The number of aryl methyl sites for hydroxylation is 1. The largest absolute Gasteiger partial charge is 0.480 e. The first-order chi connectivity index (χ1) is 12.7. The molecule has 1 unspecified atom stereocenters. The van der Waals surface area contributed by atoms with Crippen LogP contribution in [0.25, 0.3) is 5.69 Å². The number of benzene rings is 1. The zero-order valence-corrected chi connectivity index (χ0v) is 16.0. The van der Waals surface area contributed by atoms with Crippen LogP contribution in [-0.4, -0.2) is 51.5 Å². The van der Waals surface area contributed by atoms with Crippen molar-refractivity contribution >= 4 is 17.8 Å². The summed E-state index contributed by atoms with van der Waals surface area (Å²) in [7, 11) is 0. The Kier molecular flexibility index (Phi) is 6.39. The van der Waals surface area contributed by atoms with Crippen molar-refractivity contribution in [1.82, 2.24) is 14.8 Å². The Labute approximate surface area is 158 Å². The Bertz CT molecular complexity index is 842. The highest BCUT2D eigenvalue weighted by Crippen LogP contribution is 2.22. The molecule has 0 saturated heterocycles. The molecule has 0 fully saturated rings. The first-order valence-electron chi connectivity index (χ1n) is 8.76. The van der Waals surface area contributed by atoms with Gasteiger partial charge in [0.05, 0.1) is 5.56 Å². The molecule has 2 N–H and O–H groups in total. The van der Waals surface area contributed by atoms with Crippen LogP contribution in [0.2, 0.25) is 0 Å². The average molecular weight is 371 g/mol. The van der Waals surface area contributed by atoms with Crippen LogP contribution < -0.4 is 5.32 Å². The molecule has 0 aliphatic carbocycles. The quantitative estimate of drug-likeness (QED) is 0.780. The number of nitrogens with zero attached hydrogens (tertiary/aromatic N) is 2. The Morgan fingerprint density at radius 2 is 1.81 bits per heavy atom. The molecule has 0 aliphatic rings. The second-order valence-corrected chi connectivity index (χ2v) is 6.45. The minimum Gasteiger partial charge on any atom is -0.480 e. The SMILES string of the molecule is CC(=O)NCCN(C(=O)c1cc(C)n(-c2ccccc2)c1C)C(C)C(=O)O. The molecule has 2 amide bonds. The molecule has 0 aliphatic heterocycles. The van der Waals surface area contributed by atoms with Crippen LogP contribution in [0.5, 0.6) is 0 Å². The molecule has 0 spiro atoms. The van der Waals surface area contributed by atoms with Gasteiger partial charge in [-0.25, -0.2) is 4.79 Å². The van der Waals surface area contributed by atoms with E-state index in [2.05, 4.69) is 5.32 Å². The first kappa shape index (κ1) is 20.2. The summed E-state index contributed by atoms with van der Waals surface area (Å²) in [6, 6.07) is 10.4. The summed E-state index contributed by atoms with van der Waals surface area (Å²) in [5.74, 6) is -1.69. The number of carbonyl (C=O) groups excluding carboxylic acids is 2. The van der Waals surface area contributed by atoms with Crippen LogP contribution in [0.15, 0.2) is 36.4 Å². The first-order valence-corrected chi connectivity index (χ1v) is 8.76. The summed E-state index contributed by atoms with van der Waals surface area (Å²) in [5, 5.41) is 12.0. The maximum absolute atomic E-state index is 13.1. The maximum atomic E-state index is 13.1. The molecular weight excluding hydrogens is 346 g/mol. The van der Waals surface area contributed by atoms with E-state index in [0.717, 1.165) is 17.1 Å². The van der Waals surface area contributed by atoms with Gasteiger partial charge < -0.3 is 19.9 Å². The monoisotopic (exact) mass is 371 g/mol. The number of carbonyl (C=O) groups is 3. The Morgan fingerprint density at radius 1 is 1.19 bits per heavy atom. The fraction of sp³-hybridized carbons (Fsp3) is 0.350. The van der Waals surface area contributed by atoms with Crippen LogP contribution in [0.1, 0.15) is 35.6 Å². The fourth-order valence-electron chi connectivity index (χ4n) is 3.07. The molecule has 1 aromatic carbocycles. The number of para-hydroxylation sites is 1. The van der Waals surface area contributed by atoms with Gasteiger partial charge in [-0.05, 0) is 39.0 Å². The van der Waals surface area contributed by atoms with Crippen molar-refractivity contribution < 1.29 is 19.5 Å². The number of amides is 2. The van der Waals surface area contributed by atoms with Gasteiger partial charge in [0.15, 0.2) is 0 Å². The van der Waals surface area contributed by atoms with Gasteiger partial charge in [0, 0.05) is 37.1 Å². The van der Waals surface area contributed by atoms with E-state index in [1.165, 1.54) is 18.7 Å². The lowest BCUT2D eigenvalue weighted by molar-refractivity contribution is -0.141. The second kappa shape index (κ2) is 8.53. The third-order valence-electron chi connectivity index (χ3n) is 4.49. The van der Waals surface area contributed by atoms with Crippen LogP contribution in [-0.2, 0) is 9.59 Å². The van der Waals surface area contributed by atoms with Crippen LogP contribution in [0.4, 0.5) is 0 Å². The normalized spacial score (nSPS) is 11.7. The number of aliphatic carboxylic acids is 1. The average Bonchev–Trinajstić information content (AvgIpc) is 2.92. The number of aromatic nitrogens is 1. The van der Waals surface area contributed by atoms with E-state index in [-0.39, 0.29) is 24.9 Å². The van der Waals surface area contributed by atoms with Crippen molar-refractivity contribution in [3.8, 4) is 5.69 Å². The van der Waals surface area contributed by atoms with Gasteiger partial charge in [0.25, 0.3) is 5.91 Å². The smallest absolute Gasteiger partial charge is 0.326 e. The van der Waals surface area contributed by atoms with E-state index in [1.807, 2.05) is 48.7 Å². The van der Waals surface area contributed by atoms with Crippen molar-refractivity contribution in [1.29, 1.82) is 0 Å². The molecule has 2 aromatic rings. The number of carboxylic acids is 1. The van der Waals surface area contributed by atoms with E-state index in [0.29, 0.717) is 5.56 Å². The standard InChI is InChI=1S/C20H25N3O4/c1-13-12-18(14(2)23(13)17-8-6-5-7-9-17)19(25)22(15(3)20(26)27)11-10-21-16(4)24/h5-9,12,15H,10-11H2,1-4H3,(H,21,24)(H,26,27). The molecular formula is C20H25N3O4. The summed E-state index contributed by atoms with van der Waals surface area (Å²) in [5.41, 5.74) is 3.01. The highest BCUT2D eigenvalue weighted by molar-refractivity contribution is 5.98. The van der Waals surface area contributed by atoms with Gasteiger partial charge in [0.1, 0.15) is 6.04 Å². The predicted molar refractivity (Wildman–Crippen MR) is 102 cm³/mol. The van der Waals surface area contributed by atoms with Crippen molar-refractivity contribution in [3.63, 3.8) is 0 Å². The molecule has 2 rings (SSSR count). The molecule has 1 aromatic heterocycles. The third kappa shape index (κ3) is 4.55. The second-order valence-electron chi connectivity index (χ2n) is 6.45. The Hall–Kier alpha value is -3.09. The molecule has 1 atom stereocenters. The Balaban J connectivity index is 2.37. The van der Waals surface area contributed by atoms with Crippen molar-refractivity contribution in [2.24, 2.45) is 0 Å². The van der Waals surface area contributed by atoms with E-state index in [4.69, 9.17) is 0 Å². The topological polar surface area (TPSA) is 91.6 Å². The Morgan fingerprint density at radius 3 is 2.37 bits per heavy atom. The van der Waals surface area contributed by atoms with Gasteiger partial charge in [-0.1, -0.05) is 18.2 Å². The molecule has 0 saturated carbocycles. The molecule has 1 heterocycles. The van der Waals surface area contributed by atoms with Crippen molar-refractivity contribution in [3.05, 3.63) is 53.3 Å². The van der Waals surface area contributed by atoms with Gasteiger partial charge in [-0.15, -0.1) is 0 Å². The van der Waals surface area contributed by atoms with E-state index < -0.39 is 12.0 Å². The summed E-state index contributed by atoms with van der Waals surface area (Å²) in [6.07, 6.45) is 0. The molecule has 7 nitrogen and oxygen atoms in total. The van der Waals surface area contributed by atoms with Crippen LogP contribution in [0, 0.1) is 13.8 Å². The number of carboxylic acid groups (broad SMARTS) is 1. The lowest BCUT2D eigenvalue weighted by Gasteiger charge is -2.26. The van der Waals surface area contributed by atoms with Gasteiger partial charge in [0.2, 0.25) is 5.91 Å². The van der Waals surface area contributed by atoms with E-state index >= 15 is 0 Å². The third-order valence-corrected chi connectivity index (χ3v) is 4.49. The zero-order valence-electron chi connectivity index (χ0n) is 16.0. The molecule has 7 heteroatoms. The number of rotatable bonds is 7. The minimum absolute atomic E-state index is 0.112. The van der Waals surface area contributed by atoms with Crippen LogP contribution >= 0.6 is 0 Å². The molecule has 27 heavy (non-hydrogen) atoms. The zero-order chi connectivity index (χ0) is 20.1. The molecule has 144 valence electrons. The van der Waals surface area contributed by atoms with Gasteiger partial charge in [-0.2, -0.15) is 0 Å². The summed E-state index contributed by atoms with van der Waals surface area (Å²) in [4.78, 5) is 37.0. The van der Waals surface area contributed by atoms with Crippen molar-refractivity contribution in [2.75, 3.05) is 13.1 Å². The fourth-order valence-corrected chi connectivity index (χ4v) is 3.07. The number of hydrogen-bond donors (Lipinski definition) is 2. The lowest BCUT2D eigenvalue weighted by atomic mass is 10.1. The molecule has 0 bridgehead atoms. The number of nitrogens with one attached hydrogen (secondary N) is 1. The maximum Gasteiger partial charge on any atom is 0.326 e. The van der Waals surface area contributed by atoms with Gasteiger partial charge >= 0.3 is 5.97 Å². The van der Waals surface area contributed by atoms with Crippen molar-refractivity contribution in [2.45, 2.75) is 33.7 Å². The van der Waals surface area contributed by atoms with E-state index in [1.54, 1.807) is 6.07 Å². The summed E-state index contributed by atoms with van der Waals surface area (Å²) < 4.78 is 1.96. The summed E-state index contributed by atoms with van der Waals surface area (Å²) in [6.45, 7) is 6.88. The lowest BCUT2D eigenvalue weighted by Crippen LogP contribution is -2.46. The summed E-state index contributed by atoms with van der Waals surface area (Å²) >= 11 is 0. The minimum atomic E-state index is -1.09. The highest BCUT2D eigenvalue weighted by Gasteiger charge is 2.28.